The lowest BCUT2D eigenvalue weighted by molar-refractivity contribution is -0.128. The molecule has 0 bridgehead atoms. The third-order valence-electron chi connectivity index (χ3n) is 4.55. The van der Waals surface area contributed by atoms with E-state index in [4.69, 9.17) is 4.74 Å². The van der Waals surface area contributed by atoms with Crippen molar-refractivity contribution in [2.45, 2.75) is 59.0 Å². The highest BCUT2D eigenvalue weighted by Crippen LogP contribution is 2.16. The molecule has 0 radical (unpaired) electrons. The van der Waals surface area contributed by atoms with E-state index in [1.54, 1.807) is 0 Å². The SMILES string of the molecule is CC[C@@H](Oc1ccc(C)cc1)C(=O)NCCCc1ccc(C(C)C)cc1. The van der Waals surface area contributed by atoms with Crippen LogP contribution in [-0.4, -0.2) is 18.6 Å². The fourth-order valence-electron chi connectivity index (χ4n) is 2.79. The van der Waals surface area contributed by atoms with Gasteiger partial charge in [-0.15, -0.1) is 0 Å². The Hall–Kier alpha value is -2.29. The zero-order valence-electron chi connectivity index (χ0n) is 16.4. The Balaban J connectivity index is 1.75. The second kappa shape index (κ2) is 10.0. The van der Waals surface area contributed by atoms with Gasteiger partial charge in [0.05, 0.1) is 0 Å². The van der Waals surface area contributed by atoms with E-state index in [1.807, 2.05) is 38.1 Å². The van der Waals surface area contributed by atoms with Crippen molar-refractivity contribution in [3.63, 3.8) is 0 Å². The second-order valence-electron chi connectivity index (χ2n) is 7.12. The Kier molecular flexibility index (Phi) is 7.71. The number of amides is 1. The van der Waals surface area contributed by atoms with Crippen LogP contribution in [0.15, 0.2) is 48.5 Å². The van der Waals surface area contributed by atoms with E-state index in [2.05, 4.69) is 43.4 Å². The van der Waals surface area contributed by atoms with E-state index in [0.29, 0.717) is 18.9 Å². The molecule has 140 valence electrons. The van der Waals surface area contributed by atoms with Gasteiger partial charge < -0.3 is 10.1 Å². The predicted octanol–water partition coefficient (Wildman–Crippen LogP) is 5.02. The zero-order valence-corrected chi connectivity index (χ0v) is 16.4. The maximum Gasteiger partial charge on any atom is 0.261 e. The molecule has 3 nitrogen and oxygen atoms in total. The van der Waals surface area contributed by atoms with E-state index < -0.39 is 6.10 Å². The average molecular weight is 354 g/mol. The minimum absolute atomic E-state index is 0.0387. The molecule has 26 heavy (non-hydrogen) atoms. The minimum Gasteiger partial charge on any atom is -0.481 e. The first-order chi connectivity index (χ1) is 12.5. The summed E-state index contributed by atoms with van der Waals surface area (Å²) in [6, 6.07) is 16.6. The Labute approximate surface area is 157 Å². The molecule has 0 spiro atoms. The molecule has 0 aliphatic rings. The molecule has 0 saturated heterocycles. The van der Waals surface area contributed by atoms with E-state index in [9.17, 15) is 4.79 Å². The standard InChI is InChI=1S/C23H31NO2/c1-5-22(26-21-14-8-18(4)9-15-21)23(25)24-16-6-7-19-10-12-20(13-11-19)17(2)3/h8-15,17,22H,5-7,16H2,1-4H3,(H,24,25)/t22-/m1/s1. The van der Waals surface area contributed by atoms with Crippen LogP contribution in [0.4, 0.5) is 0 Å². The fraction of sp³-hybridized carbons (Fsp3) is 0.435. The second-order valence-corrected chi connectivity index (χ2v) is 7.12. The molecule has 0 unspecified atom stereocenters. The molecule has 0 aromatic heterocycles. The highest BCUT2D eigenvalue weighted by molar-refractivity contribution is 5.81. The van der Waals surface area contributed by atoms with Gasteiger partial charge in [-0.05, 0) is 55.4 Å². The lowest BCUT2D eigenvalue weighted by Gasteiger charge is -2.17. The number of carbonyl (C=O) groups is 1. The number of hydrogen-bond donors (Lipinski definition) is 1. The molecular weight excluding hydrogens is 322 g/mol. The molecule has 2 aromatic carbocycles. The van der Waals surface area contributed by atoms with Gasteiger partial charge >= 0.3 is 0 Å². The summed E-state index contributed by atoms with van der Waals surface area (Å²) in [6.45, 7) is 9.07. The van der Waals surface area contributed by atoms with Crippen LogP contribution in [0.3, 0.4) is 0 Å². The third kappa shape index (κ3) is 6.21. The summed E-state index contributed by atoms with van der Waals surface area (Å²) >= 11 is 0. The number of nitrogens with one attached hydrogen (secondary N) is 1. The van der Waals surface area contributed by atoms with Crippen molar-refractivity contribution in [1.82, 2.24) is 5.32 Å². The lowest BCUT2D eigenvalue weighted by atomic mass is 10.0. The zero-order chi connectivity index (χ0) is 18.9. The molecule has 0 aliphatic heterocycles. The van der Waals surface area contributed by atoms with Gasteiger partial charge in [0.15, 0.2) is 6.10 Å². The molecule has 0 aliphatic carbocycles. The van der Waals surface area contributed by atoms with Crippen LogP contribution >= 0.6 is 0 Å². The molecule has 1 atom stereocenters. The molecule has 0 heterocycles. The van der Waals surface area contributed by atoms with Crippen molar-refractivity contribution < 1.29 is 9.53 Å². The molecule has 0 saturated carbocycles. The number of rotatable bonds is 9. The van der Waals surface area contributed by atoms with Crippen LogP contribution in [-0.2, 0) is 11.2 Å². The van der Waals surface area contributed by atoms with Crippen LogP contribution in [0.1, 0.15) is 56.2 Å². The van der Waals surface area contributed by atoms with E-state index in [0.717, 1.165) is 18.6 Å². The first kappa shape index (κ1) is 20.0. The Morgan fingerprint density at radius 1 is 1.04 bits per heavy atom. The van der Waals surface area contributed by atoms with Crippen molar-refractivity contribution in [3.8, 4) is 5.75 Å². The number of benzene rings is 2. The minimum atomic E-state index is -0.442. The Morgan fingerprint density at radius 2 is 1.69 bits per heavy atom. The summed E-state index contributed by atoms with van der Waals surface area (Å²) in [7, 11) is 0. The summed E-state index contributed by atoms with van der Waals surface area (Å²) in [4.78, 5) is 12.3. The largest absolute Gasteiger partial charge is 0.481 e. The summed E-state index contributed by atoms with van der Waals surface area (Å²) < 4.78 is 5.82. The molecular formula is C23H31NO2. The van der Waals surface area contributed by atoms with Crippen LogP contribution in [0, 0.1) is 6.92 Å². The summed E-state index contributed by atoms with van der Waals surface area (Å²) in [5.41, 5.74) is 3.85. The van der Waals surface area contributed by atoms with Crippen LogP contribution in [0.25, 0.3) is 0 Å². The third-order valence-corrected chi connectivity index (χ3v) is 4.55. The lowest BCUT2D eigenvalue weighted by Crippen LogP contribution is -2.38. The smallest absolute Gasteiger partial charge is 0.261 e. The highest BCUT2D eigenvalue weighted by atomic mass is 16.5. The molecule has 0 fully saturated rings. The molecule has 2 rings (SSSR count). The van der Waals surface area contributed by atoms with Crippen molar-refractivity contribution in [2.24, 2.45) is 0 Å². The maximum atomic E-state index is 12.3. The first-order valence-corrected chi connectivity index (χ1v) is 9.59. The van der Waals surface area contributed by atoms with E-state index in [1.165, 1.54) is 16.7 Å². The Morgan fingerprint density at radius 3 is 2.27 bits per heavy atom. The number of ether oxygens (including phenoxy) is 1. The molecule has 1 amide bonds. The molecule has 3 heteroatoms. The fourth-order valence-corrected chi connectivity index (χ4v) is 2.79. The normalized spacial score (nSPS) is 12.0. The highest BCUT2D eigenvalue weighted by Gasteiger charge is 2.17. The van der Waals surface area contributed by atoms with Crippen molar-refractivity contribution >= 4 is 5.91 Å². The van der Waals surface area contributed by atoms with Gasteiger partial charge in [0.1, 0.15) is 5.75 Å². The quantitative estimate of drug-likeness (QED) is 0.643. The summed E-state index contributed by atoms with van der Waals surface area (Å²) in [5, 5.41) is 3.00. The van der Waals surface area contributed by atoms with Crippen LogP contribution < -0.4 is 10.1 Å². The van der Waals surface area contributed by atoms with Gasteiger partial charge in [0.2, 0.25) is 0 Å². The topological polar surface area (TPSA) is 38.3 Å². The van der Waals surface area contributed by atoms with Gasteiger partial charge in [0.25, 0.3) is 5.91 Å². The number of hydrogen-bond acceptors (Lipinski definition) is 2. The predicted molar refractivity (Wildman–Crippen MR) is 108 cm³/mol. The maximum absolute atomic E-state index is 12.3. The summed E-state index contributed by atoms with van der Waals surface area (Å²) in [5.74, 6) is 1.26. The average Bonchev–Trinajstić information content (AvgIpc) is 2.65. The van der Waals surface area contributed by atoms with Gasteiger partial charge in [-0.2, -0.15) is 0 Å². The van der Waals surface area contributed by atoms with Gasteiger partial charge in [0, 0.05) is 6.54 Å². The molecule has 1 N–H and O–H groups in total. The van der Waals surface area contributed by atoms with E-state index in [-0.39, 0.29) is 5.91 Å². The first-order valence-electron chi connectivity index (χ1n) is 9.59. The summed E-state index contributed by atoms with van der Waals surface area (Å²) in [6.07, 6.45) is 2.10. The van der Waals surface area contributed by atoms with Crippen molar-refractivity contribution in [2.75, 3.05) is 6.54 Å². The van der Waals surface area contributed by atoms with Crippen LogP contribution in [0.2, 0.25) is 0 Å². The van der Waals surface area contributed by atoms with Crippen LogP contribution in [0.5, 0.6) is 5.75 Å². The van der Waals surface area contributed by atoms with Gasteiger partial charge in [-0.25, -0.2) is 0 Å². The number of carbonyl (C=O) groups excluding carboxylic acids is 1. The van der Waals surface area contributed by atoms with Gasteiger partial charge in [-0.1, -0.05) is 62.7 Å². The number of aryl methyl sites for hydroxylation is 2. The monoisotopic (exact) mass is 353 g/mol. The Bertz CT molecular complexity index is 674. The van der Waals surface area contributed by atoms with Crippen molar-refractivity contribution in [1.29, 1.82) is 0 Å². The van der Waals surface area contributed by atoms with E-state index >= 15 is 0 Å². The van der Waals surface area contributed by atoms with Crippen molar-refractivity contribution in [3.05, 3.63) is 65.2 Å². The molecule has 2 aromatic rings. The van der Waals surface area contributed by atoms with Gasteiger partial charge in [-0.3, -0.25) is 4.79 Å².